The fourth-order valence-electron chi connectivity index (χ4n) is 2.57. The van der Waals surface area contributed by atoms with Crippen LogP contribution in [-0.4, -0.2) is 50.1 Å². The van der Waals surface area contributed by atoms with Gasteiger partial charge in [-0.25, -0.2) is 0 Å². The van der Waals surface area contributed by atoms with Gasteiger partial charge >= 0.3 is 0 Å². The van der Waals surface area contributed by atoms with Gasteiger partial charge in [0.2, 0.25) is 5.88 Å². The normalized spacial score (nSPS) is 10.2. The van der Waals surface area contributed by atoms with Crippen molar-refractivity contribution >= 4 is 5.91 Å². The van der Waals surface area contributed by atoms with Crippen molar-refractivity contribution in [2.75, 3.05) is 34.0 Å². The molecule has 0 aliphatic rings. The van der Waals surface area contributed by atoms with Gasteiger partial charge in [-0.15, -0.1) is 10.2 Å². The number of aromatic nitrogens is 2. The van der Waals surface area contributed by atoms with Gasteiger partial charge in [0.25, 0.3) is 5.91 Å². The molecule has 0 bridgehead atoms. The lowest BCUT2D eigenvalue weighted by molar-refractivity contribution is -0.123. The Morgan fingerprint density at radius 3 is 2.20 bits per heavy atom. The molecule has 156 valence electrons. The minimum atomic E-state index is -0.272. The van der Waals surface area contributed by atoms with Crippen molar-refractivity contribution in [1.29, 1.82) is 0 Å². The molecule has 0 aliphatic carbocycles. The maximum Gasteiger partial charge on any atom is 0.258 e. The standard InChI is InChI=1S/C22H23N3O5/c1-27-17-12-18(28-2)14-19(13-17)30-15-21(26)23-10-11-29-22-9-8-20(24-25-22)16-6-4-3-5-7-16/h3-9,12-14H,10-11,15H2,1-2H3,(H,23,26). The molecule has 1 heterocycles. The molecule has 0 unspecified atom stereocenters. The fourth-order valence-corrected chi connectivity index (χ4v) is 2.57. The summed E-state index contributed by atoms with van der Waals surface area (Å²) < 4.78 is 21.3. The topological polar surface area (TPSA) is 91.8 Å². The number of hydrogen-bond acceptors (Lipinski definition) is 7. The summed E-state index contributed by atoms with van der Waals surface area (Å²) >= 11 is 0. The van der Waals surface area contributed by atoms with E-state index >= 15 is 0 Å². The monoisotopic (exact) mass is 409 g/mol. The summed E-state index contributed by atoms with van der Waals surface area (Å²) in [5.41, 5.74) is 1.75. The van der Waals surface area contributed by atoms with E-state index in [9.17, 15) is 4.79 Å². The Bertz CT molecular complexity index is 926. The van der Waals surface area contributed by atoms with E-state index in [0.29, 0.717) is 29.7 Å². The average Bonchev–Trinajstić information content (AvgIpc) is 2.81. The Morgan fingerprint density at radius 2 is 1.57 bits per heavy atom. The second-order valence-corrected chi connectivity index (χ2v) is 6.16. The number of carbonyl (C=O) groups excluding carboxylic acids is 1. The molecule has 1 amide bonds. The first-order valence-electron chi connectivity index (χ1n) is 9.32. The molecule has 0 saturated carbocycles. The van der Waals surface area contributed by atoms with E-state index in [-0.39, 0.29) is 19.1 Å². The molecule has 0 saturated heterocycles. The molecule has 8 heteroatoms. The highest BCUT2D eigenvalue weighted by Crippen LogP contribution is 2.27. The van der Waals surface area contributed by atoms with Crippen LogP contribution in [0.2, 0.25) is 0 Å². The third-order valence-electron chi connectivity index (χ3n) is 4.08. The zero-order chi connectivity index (χ0) is 21.2. The number of methoxy groups -OCH3 is 2. The molecule has 0 fully saturated rings. The van der Waals surface area contributed by atoms with Crippen LogP contribution in [0.3, 0.4) is 0 Å². The molecule has 8 nitrogen and oxygen atoms in total. The summed E-state index contributed by atoms with van der Waals surface area (Å²) in [6.45, 7) is 0.436. The van der Waals surface area contributed by atoms with Gasteiger partial charge in [0, 0.05) is 29.8 Å². The summed E-state index contributed by atoms with van der Waals surface area (Å²) in [7, 11) is 3.09. The second kappa shape index (κ2) is 10.7. The van der Waals surface area contributed by atoms with E-state index in [1.165, 1.54) is 0 Å². The van der Waals surface area contributed by atoms with Gasteiger partial charge in [-0.05, 0) is 6.07 Å². The van der Waals surface area contributed by atoms with Crippen LogP contribution in [0.15, 0.2) is 60.7 Å². The molecule has 1 N–H and O–H groups in total. The van der Waals surface area contributed by atoms with Crippen LogP contribution in [0, 0.1) is 0 Å². The fraction of sp³-hybridized carbons (Fsp3) is 0.227. The highest BCUT2D eigenvalue weighted by Gasteiger charge is 2.07. The Labute approximate surface area is 174 Å². The highest BCUT2D eigenvalue weighted by atomic mass is 16.5. The first kappa shape index (κ1) is 20.9. The molecule has 30 heavy (non-hydrogen) atoms. The van der Waals surface area contributed by atoms with E-state index in [1.807, 2.05) is 36.4 Å². The van der Waals surface area contributed by atoms with E-state index in [2.05, 4.69) is 15.5 Å². The van der Waals surface area contributed by atoms with Crippen molar-refractivity contribution in [1.82, 2.24) is 15.5 Å². The lowest BCUT2D eigenvalue weighted by atomic mass is 10.1. The van der Waals surface area contributed by atoms with Crippen LogP contribution < -0.4 is 24.3 Å². The quantitative estimate of drug-likeness (QED) is 0.515. The zero-order valence-corrected chi connectivity index (χ0v) is 16.8. The molecular formula is C22H23N3O5. The number of nitrogens with zero attached hydrogens (tertiary/aromatic N) is 2. The summed E-state index contributed by atoms with van der Waals surface area (Å²) in [6, 6.07) is 18.4. The van der Waals surface area contributed by atoms with Crippen molar-refractivity contribution in [3.63, 3.8) is 0 Å². The van der Waals surface area contributed by atoms with Gasteiger partial charge in [0.05, 0.1) is 26.5 Å². The molecule has 0 radical (unpaired) electrons. The number of carbonyl (C=O) groups is 1. The number of nitrogens with one attached hydrogen (secondary N) is 1. The van der Waals surface area contributed by atoms with E-state index in [4.69, 9.17) is 18.9 Å². The number of hydrogen-bond donors (Lipinski definition) is 1. The molecule has 1 aromatic heterocycles. The van der Waals surface area contributed by atoms with Gasteiger partial charge in [-0.1, -0.05) is 30.3 Å². The maximum absolute atomic E-state index is 12.0. The largest absolute Gasteiger partial charge is 0.496 e. The van der Waals surface area contributed by atoms with Crippen LogP contribution in [0.25, 0.3) is 11.3 Å². The number of rotatable bonds is 10. The van der Waals surface area contributed by atoms with E-state index in [0.717, 1.165) is 11.3 Å². The predicted molar refractivity (Wildman–Crippen MR) is 111 cm³/mol. The second-order valence-electron chi connectivity index (χ2n) is 6.16. The molecular weight excluding hydrogens is 386 g/mol. The lowest BCUT2D eigenvalue weighted by Gasteiger charge is -2.11. The van der Waals surface area contributed by atoms with Gasteiger partial charge < -0.3 is 24.3 Å². The average molecular weight is 409 g/mol. The summed E-state index contributed by atoms with van der Waals surface area (Å²) in [4.78, 5) is 12.0. The van der Waals surface area contributed by atoms with Gasteiger partial charge in [0.15, 0.2) is 6.61 Å². The van der Waals surface area contributed by atoms with Gasteiger partial charge in [0.1, 0.15) is 23.9 Å². The van der Waals surface area contributed by atoms with Crippen LogP contribution in [0.4, 0.5) is 0 Å². The molecule has 3 aromatic rings. The summed E-state index contributed by atoms with van der Waals surface area (Å²) in [5.74, 6) is 1.76. The Morgan fingerprint density at radius 1 is 0.867 bits per heavy atom. The van der Waals surface area contributed by atoms with E-state index in [1.54, 1.807) is 38.5 Å². The Hall–Kier alpha value is -3.81. The van der Waals surface area contributed by atoms with Crippen LogP contribution in [-0.2, 0) is 4.79 Å². The van der Waals surface area contributed by atoms with Crippen molar-refractivity contribution < 1.29 is 23.7 Å². The Kier molecular flexibility index (Phi) is 7.43. The van der Waals surface area contributed by atoms with Crippen LogP contribution >= 0.6 is 0 Å². The van der Waals surface area contributed by atoms with Gasteiger partial charge in [-0.3, -0.25) is 4.79 Å². The number of ether oxygens (including phenoxy) is 4. The molecule has 0 spiro atoms. The third kappa shape index (κ3) is 6.10. The zero-order valence-electron chi connectivity index (χ0n) is 16.8. The Balaban J connectivity index is 1.39. The molecule has 0 atom stereocenters. The van der Waals surface area contributed by atoms with E-state index < -0.39 is 0 Å². The molecule has 2 aromatic carbocycles. The maximum atomic E-state index is 12.0. The van der Waals surface area contributed by atoms with Crippen LogP contribution in [0.5, 0.6) is 23.1 Å². The highest BCUT2D eigenvalue weighted by molar-refractivity contribution is 5.77. The van der Waals surface area contributed by atoms with Crippen molar-refractivity contribution in [3.05, 3.63) is 60.7 Å². The molecule has 3 rings (SSSR count). The van der Waals surface area contributed by atoms with Crippen LogP contribution in [0.1, 0.15) is 0 Å². The number of benzene rings is 2. The lowest BCUT2D eigenvalue weighted by Crippen LogP contribution is -2.32. The molecule has 0 aliphatic heterocycles. The summed E-state index contributed by atoms with van der Waals surface area (Å²) in [5, 5.41) is 10.9. The smallest absolute Gasteiger partial charge is 0.258 e. The van der Waals surface area contributed by atoms with Crippen molar-refractivity contribution in [2.45, 2.75) is 0 Å². The predicted octanol–water partition coefficient (Wildman–Crippen LogP) is 2.73. The number of amides is 1. The first-order valence-corrected chi connectivity index (χ1v) is 9.32. The van der Waals surface area contributed by atoms with Crippen molar-refractivity contribution in [3.8, 4) is 34.4 Å². The summed E-state index contributed by atoms with van der Waals surface area (Å²) in [6.07, 6.45) is 0. The van der Waals surface area contributed by atoms with Gasteiger partial charge in [-0.2, -0.15) is 0 Å². The first-order chi connectivity index (χ1) is 14.7. The van der Waals surface area contributed by atoms with Crippen molar-refractivity contribution in [2.24, 2.45) is 0 Å². The minimum absolute atomic E-state index is 0.137. The SMILES string of the molecule is COc1cc(OC)cc(OCC(=O)NCCOc2ccc(-c3ccccc3)nn2)c1. The minimum Gasteiger partial charge on any atom is -0.496 e. The third-order valence-corrected chi connectivity index (χ3v) is 4.08.